The molecule has 0 aromatic heterocycles. The number of ether oxygens (including phenoxy) is 1. The van der Waals surface area contributed by atoms with Crippen molar-refractivity contribution < 1.29 is 9.53 Å². The van der Waals surface area contributed by atoms with Gasteiger partial charge in [-0.1, -0.05) is 49.7 Å². The maximum Gasteiger partial charge on any atom is 0.417 e. The number of aryl methyl sites for hydroxylation is 1. The molecule has 0 fully saturated rings. The summed E-state index contributed by atoms with van der Waals surface area (Å²) in [4.78, 5) is 11.8. The van der Waals surface area contributed by atoms with E-state index in [0.29, 0.717) is 5.75 Å². The summed E-state index contributed by atoms with van der Waals surface area (Å²) in [6.45, 7) is 2.10. The van der Waals surface area contributed by atoms with Crippen LogP contribution in [0.25, 0.3) is 0 Å². The lowest BCUT2D eigenvalue weighted by atomic mass is 10.1. The van der Waals surface area contributed by atoms with E-state index in [-0.39, 0.29) is 0 Å². The van der Waals surface area contributed by atoms with E-state index >= 15 is 0 Å². The van der Waals surface area contributed by atoms with Crippen LogP contribution in [-0.2, 0) is 6.42 Å². The van der Waals surface area contributed by atoms with Gasteiger partial charge < -0.3 is 4.74 Å². The van der Waals surface area contributed by atoms with Crippen LogP contribution >= 0.6 is 0 Å². The van der Waals surface area contributed by atoms with Crippen LogP contribution in [0.4, 0.5) is 10.5 Å². The van der Waals surface area contributed by atoms with Crippen LogP contribution in [-0.4, -0.2) is 6.09 Å². The van der Waals surface area contributed by atoms with Gasteiger partial charge in [0.05, 0.1) is 0 Å². The normalized spacial score (nSPS) is 9.95. The topological polar surface area (TPSA) is 38.3 Å². The molecule has 3 heteroatoms. The molecule has 2 aromatic rings. The molecule has 0 spiro atoms. The van der Waals surface area contributed by atoms with E-state index in [1.54, 1.807) is 0 Å². The number of para-hydroxylation sites is 2. The summed E-state index contributed by atoms with van der Waals surface area (Å²) in [6, 6.07) is 16.9. The Hall–Kier alpha value is -2.29. The third-order valence-electron chi connectivity index (χ3n) is 2.71. The van der Waals surface area contributed by atoms with Gasteiger partial charge in [-0.25, -0.2) is 4.79 Å². The molecule has 2 rings (SSSR count). The van der Waals surface area contributed by atoms with Gasteiger partial charge in [-0.15, -0.1) is 0 Å². The van der Waals surface area contributed by atoms with E-state index < -0.39 is 6.09 Å². The largest absolute Gasteiger partial charge is 0.417 e. The molecular weight excluding hydrogens is 238 g/mol. The Labute approximate surface area is 113 Å². The molecule has 19 heavy (non-hydrogen) atoms. The van der Waals surface area contributed by atoms with Gasteiger partial charge in [0, 0.05) is 5.69 Å². The second-order valence-electron chi connectivity index (χ2n) is 4.24. The molecule has 3 nitrogen and oxygen atoms in total. The second-order valence-corrected chi connectivity index (χ2v) is 4.24. The van der Waals surface area contributed by atoms with Gasteiger partial charge in [0.15, 0.2) is 0 Å². The van der Waals surface area contributed by atoms with Gasteiger partial charge >= 0.3 is 6.09 Å². The maximum atomic E-state index is 11.8. The zero-order chi connectivity index (χ0) is 13.5. The molecule has 0 atom stereocenters. The highest BCUT2D eigenvalue weighted by Crippen LogP contribution is 2.20. The predicted octanol–water partition coefficient (Wildman–Crippen LogP) is 4.25. The molecule has 0 saturated carbocycles. The minimum absolute atomic E-state index is 0.463. The second kappa shape index (κ2) is 6.59. The number of benzene rings is 2. The van der Waals surface area contributed by atoms with Crippen molar-refractivity contribution in [2.45, 2.75) is 19.8 Å². The Bertz CT molecular complexity index is 537. The average Bonchev–Trinajstić information content (AvgIpc) is 2.42. The van der Waals surface area contributed by atoms with Gasteiger partial charge in [-0.2, -0.15) is 0 Å². The minimum atomic E-state index is -0.463. The Kier molecular flexibility index (Phi) is 4.56. The van der Waals surface area contributed by atoms with E-state index in [4.69, 9.17) is 4.74 Å². The van der Waals surface area contributed by atoms with Gasteiger partial charge in [0.1, 0.15) is 5.75 Å². The van der Waals surface area contributed by atoms with Crippen LogP contribution in [0, 0.1) is 0 Å². The number of carbonyl (C=O) groups is 1. The van der Waals surface area contributed by atoms with Crippen molar-refractivity contribution >= 4 is 11.8 Å². The number of rotatable bonds is 4. The molecule has 98 valence electrons. The lowest BCUT2D eigenvalue weighted by molar-refractivity contribution is 0.214. The SMILES string of the molecule is CCCc1ccccc1OC(=O)Nc1ccccc1. The predicted molar refractivity (Wildman–Crippen MR) is 76.5 cm³/mol. The first-order valence-corrected chi connectivity index (χ1v) is 6.41. The summed E-state index contributed by atoms with van der Waals surface area (Å²) < 4.78 is 5.35. The minimum Gasteiger partial charge on any atom is -0.410 e. The summed E-state index contributed by atoms with van der Waals surface area (Å²) >= 11 is 0. The van der Waals surface area contributed by atoms with Gasteiger partial charge in [-0.3, -0.25) is 5.32 Å². The van der Waals surface area contributed by atoms with Crippen molar-refractivity contribution in [1.82, 2.24) is 0 Å². The van der Waals surface area contributed by atoms with Gasteiger partial charge in [0.2, 0.25) is 0 Å². The summed E-state index contributed by atoms with van der Waals surface area (Å²) in [5.41, 5.74) is 1.77. The molecule has 0 heterocycles. The molecule has 0 aliphatic heterocycles. The standard InChI is InChI=1S/C16H17NO2/c1-2-8-13-9-6-7-12-15(13)19-16(18)17-14-10-4-3-5-11-14/h3-7,9-12H,2,8H2,1H3,(H,17,18). The summed E-state index contributed by atoms with van der Waals surface area (Å²) in [5, 5.41) is 2.70. The van der Waals surface area contributed by atoms with Crippen molar-refractivity contribution in [3.63, 3.8) is 0 Å². The van der Waals surface area contributed by atoms with Gasteiger partial charge in [0.25, 0.3) is 0 Å². The third-order valence-corrected chi connectivity index (χ3v) is 2.71. The van der Waals surface area contributed by atoms with Crippen LogP contribution in [0.15, 0.2) is 54.6 Å². The fraction of sp³-hybridized carbons (Fsp3) is 0.188. The van der Waals surface area contributed by atoms with Crippen molar-refractivity contribution in [3.8, 4) is 5.75 Å². The quantitative estimate of drug-likeness (QED) is 0.886. The van der Waals surface area contributed by atoms with E-state index in [0.717, 1.165) is 24.1 Å². The zero-order valence-electron chi connectivity index (χ0n) is 10.9. The van der Waals surface area contributed by atoms with Crippen LogP contribution in [0.2, 0.25) is 0 Å². The van der Waals surface area contributed by atoms with Crippen molar-refractivity contribution in [1.29, 1.82) is 0 Å². The van der Waals surface area contributed by atoms with Crippen LogP contribution in [0.1, 0.15) is 18.9 Å². The molecular formula is C16H17NO2. The van der Waals surface area contributed by atoms with Crippen LogP contribution in [0.3, 0.4) is 0 Å². The Morgan fingerprint density at radius 1 is 1.05 bits per heavy atom. The van der Waals surface area contributed by atoms with Crippen molar-refractivity contribution in [2.75, 3.05) is 5.32 Å². The average molecular weight is 255 g/mol. The molecule has 2 aromatic carbocycles. The van der Waals surface area contributed by atoms with Gasteiger partial charge in [-0.05, 0) is 30.2 Å². The molecule has 0 aliphatic rings. The molecule has 0 bridgehead atoms. The lowest BCUT2D eigenvalue weighted by Crippen LogP contribution is -2.17. The van der Waals surface area contributed by atoms with Crippen molar-refractivity contribution in [2.24, 2.45) is 0 Å². The summed E-state index contributed by atoms with van der Waals surface area (Å²) in [6.07, 6.45) is 1.45. The Balaban J connectivity index is 2.03. The highest BCUT2D eigenvalue weighted by molar-refractivity contribution is 5.86. The van der Waals surface area contributed by atoms with E-state index in [9.17, 15) is 4.79 Å². The lowest BCUT2D eigenvalue weighted by Gasteiger charge is -2.10. The van der Waals surface area contributed by atoms with Crippen LogP contribution in [0.5, 0.6) is 5.75 Å². The Morgan fingerprint density at radius 3 is 2.47 bits per heavy atom. The number of carbonyl (C=O) groups excluding carboxylic acids is 1. The van der Waals surface area contributed by atoms with Crippen LogP contribution < -0.4 is 10.1 Å². The smallest absolute Gasteiger partial charge is 0.410 e. The summed E-state index contributed by atoms with van der Waals surface area (Å²) in [5.74, 6) is 0.623. The fourth-order valence-corrected chi connectivity index (χ4v) is 1.84. The zero-order valence-corrected chi connectivity index (χ0v) is 10.9. The summed E-state index contributed by atoms with van der Waals surface area (Å²) in [7, 11) is 0. The number of anilines is 1. The monoisotopic (exact) mass is 255 g/mol. The third kappa shape index (κ3) is 3.85. The first kappa shape index (κ1) is 13.1. The number of nitrogens with one attached hydrogen (secondary N) is 1. The molecule has 1 amide bonds. The first-order chi connectivity index (χ1) is 9.29. The number of amides is 1. The molecule has 0 radical (unpaired) electrons. The highest BCUT2D eigenvalue weighted by Gasteiger charge is 2.08. The number of hydrogen-bond donors (Lipinski definition) is 1. The van der Waals surface area contributed by atoms with E-state index in [1.165, 1.54) is 0 Å². The Morgan fingerprint density at radius 2 is 1.74 bits per heavy atom. The van der Waals surface area contributed by atoms with Crippen molar-refractivity contribution in [3.05, 3.63) is 60.2 Å². The van der Waals surface area contributed by atoms with E-state index in [1.807, 2.05) is 54.6 Å². The maximum absolute atomic E-state index is 11.8. The number of hydrogen-bond acceptors (Lipinski definition) is 2. The van der Waals surface area contributed by atoms with E-state index in [2.05, 4.69) is 12.2 Å². The molecule has 0 saturated heterocycles. The highest BCUT2D eigenvalue weighted by atomic mass is 16.6. The molecule has 0 unspecified atom stereocenters. The molecule has 1 N–H and O–H groups in total. The molecule has 0 aliphatic carbocycles. The first-order valence-electron chi connectivity index (χ1n) is 6.41. The fourth-order valence-electron chi connectivity index (χ4n) is 1.84.